The van der Waals surface area contributed by atoms with E-state index in [4.69, 9.17) is 15.3 Å². The fourth-order valence-electron chi connectivity index (χ4n) is 2.43. The van der Waals surface area contributed by atoms with E-state index in [9.17, 15) is 4.39 Å². The highest BCUT2D eigenvalue weighted by molar-refractivity contribution is 5.60. The lowest BCUT2D eigenvalue weighted by molar-refractivity contribution is 0.160. The summed E-state index contributed by atoms with van der Waals surface area (Å²) in [6.45, 7) is 2.61. The third kappa shape index (κ3) is 4.70. The summed E-state index contributed by atoms with van der Waals surface area (Å²) in [6.07, 6.45) is 3.30. The lowest BCUT2D eigenvalue weighted by atomic mass is 9.98. The van der Waals surface area contributed by atoms with E-state index in [0.29, 0.717) is 18.3 Å². The minimum Gasteiger partial charge on any atom is -0.491 e. The largest absolute Gasteiger partial charge is 0.491 e. The second kappa shape index (κ2) is 8.17. The Morgan fingerprint density at radius 3 is 2.74 bits per heavy atom. The average Bonchev–Trinajstić information content (AvgIpc) is 2.57. The van der Waals surface area contributed by atoms with Crippen molar-refractivity contribution in [1.29, 1.82) is 10.5 Å². The molecule has 1 saturated heterocycles. The number of likely N-dealkylation sites (tertiary alicyclic amines) is 1. The molecule has 0 aromatic heterocycles. The van der Waals surface area contributed by atoms with Crippen molar-refractivity contribution < 1.29 is 9.13 Å². The van der Waals surface area contributed by atoms with Crippen LogP contribution in [-0.2, 0) is 0 Å². The van der Waals surface area contributed by atoms with Crippen molar-refractivity contribution in [3.05, 3.63) is 35.8 Å². The normalized spacial score (nSPS) is 15.3. The number of halogens is 1. The molecule has 0 bridgehead atoms. The quantitative estimate of drug-likeness (QED) is 0.846. The van der Waals surface area contributed by atoms with Crippen LogP contribution in [0.4, 0.5) is 10.1 Å². The van der Waals surface area contributed by atoms with Crippen LogP contribution in [0, 0.1) is 34.4 Å². The average molecular weight is 314 g/mol. The number of rotatable bonds is 5. The summed E-state index contributed by atoms with van der Waals surface area (Å²) >= 11 is 0. The Morgan fingerprint density at radius 2 is 2.09 bits per heavy atom. The number of para-hydroxylation sites is 1. The van der Waals surface area contributed by atoms with Gasteiger partial charge in [-0.25, -0.2) is 4.39 Å². The van der Waals surface area contributed by atoms with Gasteiger partial charge in [-0.3, -0.25) is 0 Å². The molecule has 1 aliphatic heterocycles. The van der Waals surface area contributed by atoms with Crippen molar-refractivity contribution in [3.63, 3.8) is 0 Å². The Morgan fingerprint density at radius 1 is 1.39 bits per heavy atom. The Bertz CT molecular complexity index is 636. The van der Waals surface area contributed by atoms with E-state index in [-0.39, 0.29) is 11.3 Å². The number of nitriles is 2. The molecule has 0 saturated carbocycles. The van der Waals surface area contributed by atoms with Crippen LogP contribution in [0.15, 0.2) is 30.0 Å². The third-order valence-electron chi connectivity index (χ3n) is 3.89. The van der Waals surface area contributed by atoms with E-state index >= 15 is 0 Å². The number of anilines is 1. The van der Waals surface area contributed by atoms with Gasteiger partial charge in [0.15, 0.2) is 0 Å². The maximum Gasteiger partial charge on any atom is 0.150 e. The van der Waals surface area contributed by atoms with Gasteiger partial charge in [-0.1, -0.05) is 6.07 Å². The van der Waals surface area contributed by atoms with Crippen LogP contribution in [0.25, 0.3) is 0 Å². The molecular formula is C17H19FN4O. The monoisotopic (exact) mass is 314 g/mol. The molecule has 1 aromatic rings. The molecule has 1 N–H and O–H groups in total. The number of piperidine rings is 1. The van der Waals surface area contributed by atoms with Gasteiger partial charge >= 0.3 is 0 Å². The van der Waals surface area contributed by atoms with E-state index < -0.39 is 5.82 Å². The number of nitrogens with one attached hydrogen (secondary N) is 1. The van der Waals surface area contributed by atoms with Crippen molar-refractivity contribution in [3.8, 4) is 17.9 Å². The summed E-state index contributed by atoms with van der Waals surface area (Å²) in [4.78, 5) is 2.28. The van der Waals surface area contributed by atoms with Crippen molar-refractivity contribution in [1.82, 2.24) is 4.90 Å². The first-order valence-corrected chi connectivity index (χ1v) is 7.50. The minimum atomic E-state index is -0.489. The highest BCUT2D eigenvalue weighted by Gasteiger charge is 2.18. The van der Waals surface area contributed by atoms with E-state index in [1.807, 2.05) is 0 Å². The fourth-order valence-corrected chi connectivity index (χ4v) is 2.43. The smallest absolute Gasteiger partial charge is 0.150 e. The Balaban J connectivity index is 2.04. The first-order valence-electron chi connectivity index (χ1n) is 7.50. The molecule has 1 heterocycles. The molecule has 23 heavy (non-hydrogen) atoms. The van der Waals surface area contributed by atoms with Crippen molar-refractivity contribution in [2.45, 2.75) is 12.8 Å². The summed E-state index contributed by atoms with van der Waals surface area (Å²) in [7, 11) is 2.10. The maximum absolute atomic E-state index is 14.0. The third-order valence-corrected chi connectivity index (χ3v) is 3.89. The molecule has 0 aliphatic carbocycles. The van der Waals surface area contributed by atoms with Crippen LogP contribution in [-0.4, -0.2) is 31.6 Å². The molecule has 1 fully saturated rings. The predicted octanol–water partition coefficient (Wildman–Crippen LogP) is 2.89. The maximum atomic E-state index is 14.0. The minimum absolute atomic E-state index is 0.130. The standard InChI is InChI=1S/C17H19FN4O/c1-22-7-5-13(6-8-22)12-23-16-4-2-3-15(18)17(16)21-11-14(9-19)10-20/h2-4,11,13,21H,5-8,12H2,1H3. The number of hydrogen-bond donors (Lipinski definition) is 1. The summed E-state index contributed by atoms with van der Waals surface area (Å²) in [6, 6.07) is 7.99. The Hall–Kier alpha value is -2.57. The van der Waals surface area contributed by atoms with Gasteiger partial charge in [0.1, 0.15) is 35.0 Å². The molecule has 0 spiro atoms. The number of nitrogens with zero attached hydrogens (tertiary/aromatic N) is 3. The van der Waals surface area contributed by atoms with Crippen molar-refractivity contribution >= 4 is 5.69 Å². The van der Waals surface area contributed by atoms with E-state index in [1.54, 1.807) is 24.3 Å². The molecule has 2 rings (SSSR count). The van der Waals surface area contributed by atoms with Gasteiger partial charge in [-0.05, 0) is 51.0 Å². The summed E-state index contributed by atoms with van der Waals surface area (Å²) in [5.41, 5.74) is 0.0120. The molecule has 120 valence electrons. The molecule has 1 aliphatic rings. The fraction of sp³-hybridized carbons (Fsp3) is 0.412. The first kappa shape index (κ1) is 16.8. The van der Waals surface area contributed by atoms with Crippen LogP contribution in [0.5, 0.6) is 5.75 Å². The second-order valence-electron chi connectivity index (χ2n) is 5.60. The van der Waals surface area contributed by atoms with E-state index in [1.165, 1.54) is 12.3 Å². The van der Waals surface area contributed by atoms with Crippen LogP contribution in [0.2, 0.25) is 0 Å². The van der Waals surface area contributed by atoms with Crippen LogP contribution in [0.1, 0.15) is 12.8 Å². The molecule has 0 radical (unpaired) electrons. The van der Waals surface area contributed by atoms with Gasteiger partial charge in [-0.2, -0.15) is 10.5 Å². The van der Waals surface area contributed by atoms with Gasteiger partial charge in [0.2, 0.25) is 0 Å². The zero-order valence-electron chi connectivity index (χ0n) is 13.1. The molecule has 5 nitrogen and oxygen atoms in total. The van der Waals surface area contributed by atoms with Gasteiger partial charge in [0, 0.05) is 6.20 Å². The molecule has 0 unspecified atom stereocenters. The van der Waals surface area contributed by atoms with Gasteiger partial charge in [-0.15, -0.1) is 0 Å². The number of benzene rings is 1. The van der Waals surface area contributed by atoms with Crippen molar-refractivity contribution in [2.24, 2.45) is 5.92 Å². The van der Waals surface area contributed by atoms with Crippen LogP contribution < -0.4 is 10.1 Å². The highest BCUT2D eigenvalue weighted by Crippen LogP contribution is 2.29. The van der Waals surface area contributed by atoms with Gasteiger partial charge < -0.3 is 15.0 Å². The summed E-state index contributed by atoms with van der Waals surface area (Å²) in [5, 5.41) is 20.1. The zero-order chi connectivity index (χ0) is 16.7. The Labute approximate surface area is 135 Å². The number of hydrogen-bond acceptors (Lipinski definition) is 5. The summed E-state index contributed by atoms with van der Waals surface area (Å²) in [5.74, 6) is 0.347. The second-order valence-corrected chi connectivity index (χ2v) is 5.60. The Kier molecular flexibility index (Phi) is 5.96. The van der Waals surface area contributed by atoms with E-state index in [0.717, 1.165) is 25.9 Å². The van der Waals surface area contributed by atoms with Gasteiger partial charge in [0.25, 0.3) is 0 Å². The van der Waals surface area contributed by atoms with Gasteiger partial charge in [0.05, 0.1) is 6.61 Å². The zero-order valence-corrected chi connectivity index (χ0v) is 13.1. The van der Waals surface area contributed by atoms with Crippen LogP contribution in [0.3, 0.4) is 0 Å². The lowest BCUT2D eigenvalue weighted by Crippen LogP contribution is -2.32. The van der Waals surface area contributed by atoms with Crippen LogP contribution >= 0.6 is 0 Å². The molecule has 0 atom stereocenters. The molecule has 1 aromatic carbocycles. The predicted molar refractivity (Wildman–Crippen MR) is 85.0 cm³/mol. The number of ether oxygens (including phenoxy) is 1. The number of allylic oxidation sites excluding steroid dienone is 1. The summed E-state index contributed by atoms with van der Waals surface area (Å²) < 4.78 is 19.8. The first-order chi connectivity index (χ1) is 11.1. The lowest BCUT2D eigenvalue weighted by Gasteiger charge is -2.29. The van der Waals surface area contributed by atoms with E-state index in [2.05, 4.69) is 17.3 Å². The topological polar surface area (TPSA) is 72.1 Å². The molecular weight excluding hydrogens is 295 g/mol. The highest BCUT2D eigenvalue weighted by atomic mass is 19.1. The SMILES string of the molecule is CN1CCC(COc2cccc(F)c2NC=C(C#N)C#N)CC1. The van der Waals surface area contributed by atoms with Crippen molar-refractivity contribution in [2.75, 3.05) is 32.1 Å². The molecule has 0 amide bonds. The molecule has 6 heteroatoms.